The van der Waals surface area contributed by atoms with Gasteiger partial charge in [-0.1, -0.05) is 32.0 Å². The van der Waals surface area contributed by atoms with Gasteiger partial charge < -0.3 is 29.5 Å². The number of Topliss-reactive ketones (excluding diaryl/α,β-unsaturated/α-hetero) is 1. The van der Waals surface area contributed by atoms with E-state index < -0.39 is 76.3 Å². The molecule has 3 N–H and O–H groups in total. The van der Waals surface area contributed by atoms with E-state index >= 15 is 4.39 Å². The zero-order chi connectivity index (χ0) is 28.7. The summed E-state index contributed by atoms with van der Waals surface area (Å²) in [5.41, 5.74) is -6.77. The Labute approximate surface area is 268 Å². The minimum atomic E-state index is -2.12. The molecular formula is C29H35AcFO9. The van der Waals surface area contributed by atoms with Crippen LogP contribution in [0.5, 0.6) is 0 Å². The molecule has 1 aliphatic heterocycles. The first-order chi connectivity index (χ1) is 18.1. The number of carbonyl (C=O) groups excluding carboxylic acids is 3. The zero-order valence-electron chi connectivity index (χ0n) is 23.2. The average Bonchev–Trinajstić information content (AvgIpc) is 2.87. The monoisotopic (exact) mass is 773 g/mol. The molecule has 0 spiro atoms. The Morgan fingerprint density at radius 1 is 1.12 bits per heavy atom. The Bertz CT molecular complexity index is 1250. The van der Waals surface area contributed by atoms with Gasteiger partial charge in [-0.15, -0.1) is 0 Å². The van der Waals surface area contributed by atoms with Crippen LogP contribution in [0.15, 0.2) is 41.5 Å². The molecule has 0 amide bonds. The van der Waals surface area contributed by atoms with Gasteiger partial charge in [-0.3, -0.25) is 9.59 Å². The molecule has 9 atom stereocenters. The quantitative estimate of drug-likeness (QED) is 0.312. The standard InChI is InChI=1S/C29H35FO9.Ac/c1-14-17(32)12-29(36)24(38-25(35)16-9-7-6-8-10-16)22-27(5,23(34)21(33)20(14)26(29,3)4)18(30)11-19-28(22,13-37-19)39-15(2)31;/h6-10,17-19,21-22,24,32-33,36H,11-13H2,1-5H3;/t17-,18?,19+,21+,22?,24-,27+,28-,29+;/m0./s1. The van der Waals surface area contributed by atoms with E-state index in [0.29, 0.717) is 0 Å². The van der Waals surface area contributed by atoms with Crippen LogP contribution in [-0.2, 0) is 23.8 Å². The van der Waals surface area contributed by atoms with Crippen LogP contribution in [0.3, 0.4) is 0 Å². The summed E-state index contributed by atoms with van der Waals surface area (Å²) in [6.07, 6.45) is -8.34. The summed E-state index contributed by atoms with van der Waals surface area (Å²) in [5.74, 6) is -3.94. The number of fused-ring (bicyclic) bond motifs is 5. The van der Waals surface area contributed by atoms with Gasteiger partial charge in [0.25, 0.3) is 0 Å². The maximum Gasteiger partial charge on any atom is 0.338 e. The van der Waals surface area contributed by atoms with Crippen LogP contribution in [-0.4, -0.2) is 81.4 Å². The number of hydrogen-bond acceptors (Lipinski definition) is 9. The summed E-state index contributed by atoms with van der Waals surface area (Å²) in [5, 5.41) is 35.2. The number of rotatable bonds is 3. The van der Waals surface area contributed by atoms with Crippen LogP contribution in [0.1, 0.15) is 57.8 Å². The Hall–Kier alpha value is -1.22. The third-order valence-corrected chi connectivity index (χ3v) is 9.89. The second-order valence-electron chi connectivity index (χ2n) is 12.1. The minimum Gasteiger partial charge on any atom is -0.455 e. The third kappa shape index (κ3) is 4.21. The Balaban J connectivity index is 0.00000370. The predicted octanol–water partition coefficient (Wildman–Crippen LogP) is 2.06. The molecule has 2 saturated carbocycles. The van der Waals surface area contributed by atoms with E-state index in [-0.39, 0.29) is 80.2 Å². The molecule has 9 nitrogen and oxygen atoms in total. The molecule has 215 valence electrons. The molecule has 1 aromatic rings. The molecule has 0 aromatic heterocycles. The summed E-state index contributed by atoms with van der Waals surface area (Å²) in [4.78, 5) is 40.1. The average molecular weight is 774 g/mol. The molecule has 40 heavy (non-hydrogen) atoms. The van der Waals surface area contributed by atoms with Gasteiger partial charge in [0.05, 0.1) is 29.6 Å². The van der Waals surface area contributed by atoms with Gasteiger partial charge in [-0.25, -0.2) is 9.18 Å². The van der Waals surface area contributed by atoms with Crippen molar-refractivity contribution in [3.8, 4) is 0 Å². The van der Waals surface area contributed by atoms with Crippen LogP contribution >= 0.6 is 0 Å². The minimum absolute atomic E-state index is 0. The van der Waals surface area contributed by atoms with Crippen molar-refractivity contribution in [2.24, 2.45) is 16.7 Å². The third-order valence-electron chi connectivity index (χ3n) is 9.89. The van der Waals surface area contributed by atoms with Crippen LogP contribution in [0.25, 0.3) is 0 Å². The van der Waals surface area contributed by atoms with E-state index in [0.717, 1.165) is 0 Å². The van der Waals surface area contributed by atoms with E-state index in [9.17, 15) is 29.7 Å². The first-order valence-electron chi connectivity index (χ1n) is 13.2. The first kappa shape index (κ1) is 31.7. The van der Waals surface area contributed by atoms with Crippen LogP contribution in [0.4, 0.5) is 4.39 Å². The van der Waals surface area contributed by atoms with Crippen LogP contribution in [0.2, 0.25) is 0 Å². The van der Waals surface area contributed by atoms with Crippen molar-refractivity contribution in [1.29, 1.82) is 0 Å². The van der Waals surface area contributed by atoms with Crippen molar-refractivity contribution in [3.05, 3.63) is 47.0 Å². The van der Waals surface area contributed by atoms with Gasteiger partial charge in [-0.2, -0.15) is 0 Å². The SMILES string of the molecule is CC(=O)O[C@@]12CO[C@@H]1CC(F)[C@@]1(C)C(=O)[C@H](O)C3=C(C)[C@@H](O)C[C@@](O)([C@@H](OC(=O)c4ccccc4)C12)C3(C)C.[Ac]. The summed E-state index contributed by atoms with van der Waals surface area (Å²) < 4.78 is 33.8. The molecule has 1 heterocycles. The number of ether oxygens (including phenoxy) is 3. The molecule has 4 aliphatic rings. The zero-order valence-corrected chi connectivity index (χ0v) is 28.0. The molecule has 1 saturated heterocycles. The number of benzene rings is 1. The predicted molar refractivity (Wildman–Crippen MR) is 134 cm³/mol. The summed E-state index contributed by atoms with van der Waals surface area (Å²) in [6, 6.07) is 7.98. The molecule has 5 rings (SSSR count). The number of halogens is 1. The van der Waals surface area contributed by atoms with Gasteiger partial charge in [0, 0.05) is 69.2 Å². The fraction of sp³-hybridized carbons (Fsp3) is 0.621. The number of hydrogen-bond donors (Lipinski definition) is 3. The van der Waals surface area contributed by atoms with Crippen molar-refractivity contribution in [2.45, 2.75) is 89.2 Å². The molecule has 2 bridgehead atoms. The fourth-order valence-corrected chi connectivity index (χ4v) is 7.63. The summed E-state index contributed by atoms with van der Waals surface area (Å²) in [6.45, 7) is 6.98. The molecule has 3 fully saturated rings. The van der Waals surface area contributed by atoms with E-state index in [1.54, 1.807) is 39.0 Å². The van der Waals surface area contributed by atoms with E-state index in [1.165, 1.54) is 26.0 Å². The molecular weight excluding hydrogens is 738 g/mol. The maximum absolute atomic E-state index is 16.3. The van der Waals surface area contributed by atoms with E-state index in [2.05, 4.69) is 0 Å². The van der Waals surface area contributed by atoms with Crippen LogP contribution < -0.4 is 0 Å². The van der Waals surface area contributed by atoms with Gasteiger partial charge >= 0.3 is 11.9 Å². The number of ketones is 1. The Kier molecular flexibility index (Phi) is 8.32. The Morgan fingerprint density at radius 3 is 2.30 bits per heavy atom. The van der Waals surface area contributed by atoms with Crippen LogP contribution in [0, 0.1) is 60.8 Å². The van der Waals surface area contributed by atoms with Gasteiger partial charge in [0.1, 0.15) is 30.1 Å². The van der Waals surface area contributed by atoms with Crippen molar-refractivity contribution in [1.82, 2.24) is 0 Å². The smallest absolute Gasteiger partial charge is 0.338 e. The maximum atomic E-state index is 16.3. The second kappa shape index (κ2) is 10.5. The van der Waals surface area contributed by atoms with Gasteiger partial charge in [-0.05, 0) is 37.1 Å². The fourth-order valence-electron chi connectivity index (χ4n) is 7.63. The first-order valence-corrected chi connectivity index (χ1v) is 13.2. The van der Waals surface area contributed by atoms with E-state index in [1.807, 2.05) is 0 Å². The van der Waals surface area contributed by atoms with Gasteiger partial charge in [0.15, 0.2) is 11.4 Å². The topological polar surface area (TPSA) is 140 Å². The van der Waals surface area contributed by atoms with Crippen molar-refractivity contribution in [3.63, 3.8) is 0 Å². The molecule has 1 aromatic carbocycles. The van der Waals surface area contributed by atoms with Gasteiger partial charge in [0.2, 0.25) is 0 Å². The van der Waals surface area contributed by atoms with Crippen molar-refractivity contribution >= 4 is 17.7 Å². The number of aliphatic hydroxyl groups is 3. The molecule has 2 unspecified atom stereocenters. The summed E-state index contributed by atoms with van der Waals surface area (Å²) in [7, 11) is 0. The normalized spacial score (nSPS) is 41.7. The van der Waals surface area contributed by atoms with Crippen molar-refractivity contribution < 1.29 is 92.4 Å². The summed E-state index contributed by atoms with van der Waals surface area (Å²) >= 11 is 0. The Morgan fingerprint density at radius 2 is 1.75 bits per heavy atom. The second-order valence-corrected chi connectivity index (χ2v) is 12.1. The van der Waals surface area contributed by atoms with E-state index in [4.69, 9.17) is 14.2 Å². The number of carbonyl (C=O) groups is 3. The molecule has 11 heteroatoms. The van der Waals surface area contributed by atoms with Crippen molar-refractivity contribution in [2.75, 3.05) is 6.61 Å². The number of aliphatic hydroxyl groups excluding tert-OH is 2. The largest absolute Gasteiger partial charge is 0.455 e. The molecule has 3 aliphatic carbocycles. The number of alkyl halides is 1. The number of esters is 2. The molecule has 1 radical (unpaired) electrons.